The number of nitrogen functional groups attached to an aromatic ring is 1. The molecular weight excluding hydrogens is 275 g/mol. The van der Waals surface area contributed by atoms with Gasteiger partial charge in [-0.3, -0.25) is 0 Å². The van der Waals surface area contributed by atoms with Gasteiger partial charge in [0.15, 0.2) is 0 Å². The van der Waals surface area contributed by atoms with E-state index < -0.39 is 11.7 Å². The van der Waals surface area contributed by atoms with Gasteiger partial charge in [-0.05, 0) is 36.8 Å². The predicted molar refractivity (Wildman–Crippen MR) is 72.1 cm³/mol. The topological polar surface area (TPSA) is 46.2 Å². The molecule has 1 aromatic rings. The molecule has 0 heterocycles. The van der Waals surface area contributed by atoms with Crippen LogP contribution in [0.4, 0.5) is 18.9 Å². The molecule has 0 fully saturated rings. The maximum Gasteiger partial charge on any atom is 0.416 e. The normalized spacial score (nSPS) is 11.8. The Labute approximate surface area is 115 Å². The van der Waals surface area contributed by atoms with Crippen LogP contribution in [0.15, 0.2) is 23.1 Å². The number of alkyl halides is 3. The molecule has 0 amide bonds. The first kappa shape index (κ1) is 16.2. The summed E-state index contributed by atoms with van der Waals surface area (Å²) in [4.78, 5) is 0.690. The van der Waals surface area contributed by atoms with Crippen LogP contribution in [-0.2, 0) is 6.18 Å². The van der Waals surface area contributed by atoms with E-state index in [9.17, 15) is 13.2 Å². The number of benzene rings is 1. The summed E-state index contributed by atoms with van der Waals surface area (Å²) in [6, 6.07) is 3.47. The number of hydrogen-bond acceptors (Lipinski definition) is 3. The highest BCUT2D eigenvalue weighted by molar-refractivity contribution is 7.99. The van der Waals surface area contributed by atoms with E-state index in [1.807, 2.05) is 0 Å². The van der Waals surface area contributed by atoms with E-state index in [1.54, 1.807) is 0 Å². The van der Waals surface area contributed by atoms with E-state index in [0.717, 1.165) is 43.6 Å². The van der Waals surface area contributed by atoms with E-state index >= 15 is 0 Å². The number of aliphatic hydroxyl groups is 1. The molecule has 0 aliphatic heterocycles. The van der Waals surface area contributed by atoms with Gasteiger partial charge in [0.25, 0.3) is 0 Å². The summed E-state index contributed by atoms with van der Waals surface area (Å²) in [7, 11) is 0. The summed E-state index contributed by atoms with van der Waals surface area (Å²) in [6.45, 7) is 0.207. The van der Waals surface area contributed by atoms with Crippen molar-refractivity contribution in [2.24, 2.45) is 0 Å². The number of aliphatic hydroxyl groups excluding tert-OH is 1. The maximum absolute atomic E-state index is 12.4. The fourth-order valence-electron chi connectivity index (χ4n) is 1.61. The SMILES string of the molecule is Nc1cc(C(F)(F)F)ccc1SCCCCCCO. The average molecular weight is 293 g/mol. The molecule has 108 valence electrons. The van der Waals surface area contributed by atoms with Crippen LogP contribution in [0.3, 0.4) is 0 Å². The maximum atomic E-state index is 12.4. The zero-order valence-electron chi connectivity index (χ0n) is 10.5. The van der Waals surface area contributed by atoms with Crippen molar-refractivity contribution >= 4 is 17.4 Å². The molecular formula is C13H18F3NOS. The quantitative estimate of drug-likeness (QED) is 0.455. The smallest absolute Gasteiger partial charge is 0.398 e. The minimum Gasteiger partial charge on any atom is -0.398 e. The second kappa shape index (κ2) is 7.65. The molecule has 6 heteroatoms. The monoisotopic (exact) mass is 293 g/mol. The first-order chi connectivity index (χ1) is 8.95. The number of halogens is 3. The summed E-state index contributed by atoms with van der Waals surface area (Å²) >= 11 is 1.47. The number of rotatable bonds is 7. The van der Waals surface area contributed by atoms with Crippen LogP contribution in [0.1, 0.15) is 31.2 Å². The van der Waals surface area contributed by atoms with Crippen molar-refractivity contribution in [1.82, 2.24) is 0 Å². The molecule has 0 aliphatic carbocycles. The zero-order valence-corrected chi connectivity index (χ0v) is 11.4. The summed E-state index contributed by atoms with van der Waals surface area (Å²) < 4.78 is 37.3. The first-order valence-corrected chi connectivity index (χ1v) is 7.14. The van der Waals surface area contributed by atoms with E-state index in [-0.39, 0.29) is 12.3 Å². The second-order valence-electron chi connectivity index (χ2n) is 4.24. The fraction of sp³-hybridized carbons (Fsp3) is 0.538. The van der Waals surface area contributed by atoms with Crippen LogP contribution >= 0.6 is 11.8 Å². The molecule has 1 aromatic carbocycles. The Morgan fingerprint density at radius 2 is 1.79 bits per heavy atom. The second-order valence-corrected chi connectivity index (χ2v) is 5.37. The summed E-state index contributed by atoms with van der Waals surface area (Å²) in [5.74, 6) is 0.820. The van der Waals surface area contributed by atoms with Crippen molar-refractivity contribution in [3.05, 3.63) is 23.8 Å². The third kappa shape index (κ3) is 5.74. The van der Waals surface area contributed by atoms with Crippen LogP contribution in [0.5, 0.6) is 0 Å². The summed E-state index contributed by atoms with van der Waals surface area (Å²) in [5.41, 5.74) is 5.09. The van der Waals surface area contributed by atoms with Crippen molar-refractivity contribution in [3.63, 3.8) is 0 Å². The number of thioether (sulfide) groups is 1. The van der Waals surface area contributed by atoms with Gasteiger partial charge >= 0.3 is 6.18 Å². The van der Waals surface area contributed by atoms with Crippen LogP contribution < -0.4 is 5.73 Å². The number of unbranched alkanes of at least 4 members (excludes halogenated alkanes) is 3. The van der Waals surface area contributed by atoms with Crippen molar-refractivity contribution < 1.29 is 18.3 Å². The molecule has 19 heavy (non-hydrogen) atoms. The van der Waals surface area contributed by atoms with Crippen molar-refractivity contribution in [2.45, 2.75) is 36.8 Å². The van der Waals surface area contributed by atoms with Gasteiger partial charge in [0.2, 0.25) is 0 Å². The van der Waals surface area contributed by atoms with Crippen molar-refractivity contribution in [3.8, 4) is 0 Å². The molecule has 0 saturated heterocycles. The largest absolute Gasteiger partial charge is 0.416 e. The Bertz CT molecular complexity index is 396. The molecule has 0 bridgehead atoms. The van der Waals surface area contributed by atoms with Gasteiger partial charge < -0.3 is 10.8 Å². The average Bonchev–Trinajstić information content (AvgIpc) is 2.34. The van der Waals surface area contributed by atoms with Crippen LogP contribution in [0.25, 0.3) is 0 Å². The lowest BCUT2D eigenvalue weighted by atomic mass is 10.2. The molecule has 0 spiro atoms. The van der Waals surface area contributed by atoms with E-state index in [4.69, 9.17) is 10.8 Å². The van der Waals surface area contributed by atoms with Crippen molar-refractivity contribution in [2.75, 3.05) is 18.1 Å². The molecule has 0 radical (unpaired) electrons. The van der Waals surface area contributed by atoms with Crippen LogP contribution in [0.2, 0.25) is 0 Å². The standard InChI is InChI=1S/C13H18F3NOS/c14-13(15,16)10-5-6-12(11(17)9-10)19-8-4-2-1-3-7-18/h5-6,9,18H,1-4,7-8,17H2. The lowest BCUT2D eigenvalue weighted by molar-refractivity contribution is -0.137. The number of hydrogen-bond donors (Lipinski definition) is 2. The Morgan fingerprint density at radius 3 is 2.37 bits per heavy atom. The molecule has 2 nitrogen and oxygen atoms in total. The minimum absolute atomic E-state index is 0.176. The molecule has 0 saturated carbocycles. The highest BCUT2D eigenvalue weighted by atomic mass is 32.2. The molecule has 3 N–H and O–H groups in total. The van der Waals surface area contributed by atoms with Gasteiger partial charge in [-0.1, -0.05) is 12.8 Å². The zero-order chi connectivity index (χ0) is 14.3. The van der Waals surface area contributed by atoms with Gasteiger partial charge in [0.1, 0.15) is 0 Å². The van der Waals surface area contributed by atoms with Gasteiger partial charge in [-0.15, -0.1) is 11.8 Å². The van der Waals surface area contributed by atoms with Gasteiger partial charge in [0.05, 0.1) is 5.56 Å². The van der Waals surface area contributed by atoms with Gasteiger partial charge in [-0.25, -0.2) is 0 Å². The van der Waals surface area contributed by atoms with Gasteiger partial charge in [-0.2, -0.15) is 13.2 Å². The highest BCUT2D eigenvalue weighted by Crippen LogP contribution is 2.34. The molecule has 0 atom stereocenters. The van der Waals surface area contributed by atoms with E-state index in [0.29, 0.717) is 4.90 Å². The van der Waals surface area contributed by atoms with E-state index in [1.165, 1.54) is 17.8 Å². The Balaban J connectivity index is 2.43. The third-order valence-corrected chi connectivity index (χ3v) is 3.82. The number of nitrogens with two attached hydrogens (primary N) is 1. The Kier molecular flexibility index (Phi) is 6.51. The fourth-order valence-corrected chi connectivity index (χ4v) is 2.56. The highest BCUT2D eigenvalue weighted by Gasteiger charge is 2.30. The molecule has 0 aromatic heterocycles. The third-order valence-electron chi connectivity index (χ3n) is 2.65. The Morgan fingerprint density at radius 1 is 1.11 bits per heavy atom. The van der Waals surface area contributed by atoms with Crippen molar-refractivity contribution in [1.29, 1.82) is 0 Å². The summed E-state index contributed by atoms with van der Waals surface area (Å²) in [6.07, 6.45) is -0.604. The summed E-state index contributed by atoms with van der Waals surface area (Å²) in [5, 5.41) is 8.62. The predicted octanol–water partition coefficient (Wildman–Crippen LogP) is 3.93. The molecule has 0 unspecified atom stereocenters. The minimum atomic E-state index is -4.35. The van der Waals surface area contributed by atoms with E-state index in [2.05, 4.69) is 0 Å². The Hall–Kier alpha value is -0.880. The first-order valence-electron chi connectivity index (χ1n) is 6.15. The van der Waals surface area contributed by atoms with Gasteiger partial charge in [0, 0.05) is 17.2 Å². The van der Waals surface area contributed by atoms with Crippen LogP contribution in [-0.4, -0.2) is 17.5 Å². The molecule has 0 aliphatic rings. The molecule has 1 rings (SSSR count). The lowest BCUT2D eigenvalue weighted by Crippen LogP contribution is -2.05. The lowest BCUT2D eigenvalue weighted by Gasteiger charge is -2.10. The van der Waals surface area contributed by atoms with Crippen LogP contribution in [0, 0.1) is 0 Å². The number of anilines is 1.